The first-order valence-electron chi connectivity index (χ1n) is 10.7. The maximum Gasteiger partial charge on any atom is 0.408 e. The molecular formula is C23H35N3O7. The Morgan fingerprint density at radius 3 is 2.18 bits per heavy atom. The summed E-state index contributed by atoms with van der Waals surface area (Å²) < 4.78 is 9.81. The van der Waals surface area contributed by atoms with Gasteiger partial charge in [-0.25, -0.2) is 4.79 Å². The second-order valence-corrected chi connectivity index (χ2v) is 9.12. The third-order valence-corrected chi connectivity index (χ3v) is 4.46. The average Bonchev–Trinajstić information content (AvgIpc) is 2.70. The highest BCUT2D eigenvalue weighted by Crippen LogP contribution is 2.13. The second kappa shape index (κ2) is 12.1. The van der Waals surface area contributed by atoms with E-state index in [0.717, 1.165) is 0 Å². The molecule has 0 aliphatic rings. The van der Waals surface area contributed by atoms with Crippen molar-refractivity contribution in [3.8, 4) is 5.75 Å². The van der Waals surface area contributed by atoms with Crippen LogP contribution in [0.5, 0.6) is 5.75 Å². The van der Waals surface area contributed by atoms with Crippen molar-refractivity contribution in [2.45, 2.75) is 71.1 Å². The van der Waals surface area contributed by atoms with Crippen LogP contribution in [-0.2, 0) is 30.3 Å². The Hall–Kier alpha value is -3.30. The van der Waals surface area contributed by atoms with Crippen molar-refractivity contribution in [1.29, 1.82) is 0 Å². The van der Waals surface area contributed by atoms with Crippen LogP contribution in [-0.4, -0.2) is 59.8 Å². The number of phenols is 1. The van der Waals surface area contributed by atoms with Gasteiger partial charge >= 0.3 is 12.1 Å². The number of esters is 1. The maximum absolute atomic E-state index is 13.0. The topological polar surface area (TPSA) is 143 Å². The zero-order chi connectivity index (χ0) is 25.2. The highest BCUT2D eigenvalue weighted by atomic mass is 16.6. The van der Waals surface area contributed by atoms with Crippen molar-refractivity contribution in [2.75, 3.05) is 13.7 Å². The maximum atomic E-state index is 13.0. The Bertz CT molecular complexity index is 829. The van der Waals surface area contributed by atoms with E-state index < -0.39 is 35.1 Å². The molecule has 0 saturated heterocycles. The predicted octanol–water partition coefficient (Wildman–Crippen LogP) is 1.79. The van der Waals surface area contributed by atoms with Crippen LogP contribution >= 0.6 is 0 Å². The van der Waals surface area contributed by atoms with Crippen molar-refractivity contribution < 1.29 is 33.8 Å². The van der Waals surface area contributed by atoms with E-state index in [4.69, 9.17) is 4.74 Å². The fourth-order valence-corrected chi connectivity index (χ4v) is 2.74. The number of alkyl carbamates (subject to hydrolysis) is 1. The molecule has 1 aromatic rings. The van der Waals surface area contributed by atoms with Crippen LogP contribution in [0.2, 0.25) is 0 Å². The number of phenolic OH excluding ortho intramolecular Hbond substituents is 1. The number of carbonyl (C=O) groups excluding carboxylic acids is 4. The Balaban J connectivity index is 2.84. The van der Waals surface area contributed by atoms with Gasteiger partial charge in [0, 0.05) is 19.4 Å². The number of hydrogen-bond acceptors (Lipinski definition) is 7. The lowest BCUT2D eigenvalue weighted by molar-refractivity contribution is -0.140. The number of aromatic hydroxyl groups is 1. The van der Waals surface area contributed by atoms with Crippen molar-refractivity contribution >= 4 is 23.9 Å². The third-order valence-electron chi connectivity index (χ3n) is 4.46. The monoisotopic (exact) mass is 465 g/mol. The fourth-order valence-electron chi connectivity index (χ4n) is 2.74. The number of hydrogen-bond donors (Lipinski definition) is 4. The van der Waals surface area contributed by atoms with Gasteiger partial charge in [-0.05, 0) is 58.7 Å². The molecule has 4 N–H and O–H groups in total. The number of carbonyl (C=O) groups is 4. The Morgan fingerprint density at radius 2 is 1.64 bits per heavy atom. The van der Waals surface area contributed by atoms with Gasteiger partial charge in [-0.15, -0.1) is 0 Å². The summed E-state index contributed by atoms with van der Waals surface area (Å²) in [5.74, 6) is -1.32. The lowest BCUT2D eigenvalue weighted by Gasteiger charge is -2.29. The summed E-state index contributed by atoms with van der Waals surface area (Å²) in [7, 11) is 1.29. The Labute approximate surface area is 194 Å². The third kappa shape index (κ3) is 10.7. The molecule has 0 aromatic heterocycles. The SMILES string of the molecule is COC(=O)CCCNC(=O)C(C)(C)NC(=O)[C@H](Cc1ccc(O)cc1)NC(=O)OC(C)(C)C. The minimum atomic E-state index is -1.29. The molecule has 10 heteroatoms. The number of benzene rings is 1. The molecule has 1 rings (SSSR count). The van der Waals surface area contributed by atoms with Crippen LogP contribution in [0.3, 0.4) is 0 Å². The van der Waals surface area contributed by atoms with Crippen molar-refractivity contribution in [3.05, 3.63) is 29.8 Å². The zero-order valence-electron chi connectivity index (χ0n) is 20.1. The van der Waals surface area contributed by atoms with Crippen molar-refractivity contribution in [1.82, 2.24) is 16.0 Å². The Kier molecular flexibility index (Phi) is 10.2. The molecule has 0 spiro atoms. The minimum Gasteiger partial charge on any atom is -0.508 e. The van der Waals surface area contributed by atoms with Gasteiger partial charge in [0.1, 0.15) is 22.9 Å². The highest BCUT2D eigenvalue weighted by Gasteiger charge is 2.33. The Morgan fingerprint density at radius 1 is 1.03 bits per heavy atom. The molecule has 1 aromatic carbocycles. The first-order valence-corrected chi connectivity index (χ1v) is 10.7. The van der Waals surface area contributed by atoms with E-state index in [-0.39, 0.29) is 31.1 Å². The van der Waals surface area contributed by atoms with E-state index in [0.29, 0.717) is 12.0 Å². The molecule has 0 radical (unpaired) electrons. The largest absolute Gasteiger partial charge is 0.508 e. The van der Waals surface area contributed by atoms with Crippen molar-refractivity contribution in [2.24, 2.45) is 0 Å². The molecule has 0 aliphatic heterocycles. The van der Waals surface area contributed by atoms with Crippen LogP contribution < -0.4 is 16.0 Å². The van der Waals surface area contributed by atoms with Crippen LogP contribution in [0.4, 0.5) is 4.79 Å². The van der Waals surface area contributed by atoms with Gasteiger partial charge in [-0.2, -0.15) is 0 Å². The van der Waals surface area contributed by atoms with E-state index in [1.54, 1.807) is 32.9 Å². The summed E-state index contributed by atoms with van der Waals surface area (Å²) in [4.78, 5) is 49.1. The normalized spacial score (nSPS) is 12.3. The molecule has 0 aliphatic carbocycles. The van der Waals surface area contributed by atoms with E-state index >= 15 is 0 Å². The van der Waals surface area contributed by atoms with E-state index in [2.05, 4.69) is 20.7 Å². The number of nitrogens with one attached hydrogen (secondary N) is 3. The summed E-state index contributed by atoms with van der Waals surface area (Å²) in [5.41, 5.74) is -1.35. The number of methoxy groups -OCH3 is 1. The second-order valence-electron chi connectivity index (χ2n) is 9.12. The van der Waals surface area contributed by atoms with Crippen LogP contribution in [0.15, 0.2) is 24.3 Å². The van der Waals surface area contributed by atoms with Gasteiger partial charge in [0.05, 0.1) is 7.11 Å². The van der Waals surface area contributed by atoms with Gasteiger partial charge in [0.15, 0.2) is 0 Å². The molecule has 0 heterocycles. The molecule has 0 bridgehead atoms. The standard InChI is InChI=1S/C23H35N3O7/c1-22(2,3)33-21(31)25-17(14-15-9-11-16(27)12-10-15)19(29)26-23(4,5)20(30)24-13-7-8-18(28)32-6/h9-12,17,27H,7-8,13-14H2,1-6H3,(H,24,30)(H,25,31)(H,26,29)/t17-/m0/s1. The summed E-state index contributed by atoms with van der Waals surface area (Å²) in [6.07, 6.45) is -0.0988. The summed E-state index contributed by atoms with van der Waals surface area (Å²) in [5, 5.41) is 17.4. The molecule has 0 saturated carbocycles. The quantitative estimate of drug-likeness (QED) is 0.305. The van der Waals surface area contributed by atoms with Gasteiger partial charge in [-0.3, -0.25) is 14.4 Å². The summed E-state index contributed by atoms with van der Waals surface area (Å²) in [6, 6.07) is 5.18. The van der Waals surface area contributed by atoms with Gasteiger partial charge in [0.2, 0.25) is 11.8 Å². The smallest absolute Gasteiger partial charge is 0.408 e. The van der Waals surface area contributed by atoms with Crippen LogP contribution in [0.1, 0.15) is 53.0 Å². The van der Waals surface area contributed by atoms with Gasteiger partial charge in [0.25, 0.3) is 0 Å². The number of amides is 3. The van der Waals surface area contributed by atoms with E-state index in [9.17, 15) is 24.3 Å². The minimum absolute atomic E-state index is 0.0739. The molecule has 0 unspecified atom stereocenters. The summed E-state index contributed by atoms with van der Waals surface area (Å²) >= 11 is 0. The lowest BCUT2D eigenvalue weighted by atomic mass is 10.0. The first kappa shape index (κ1) is 27.7. The van der Waals surface area contributed by atoms with Gasteiger partial charge in [-0.1, -0.05) is 12.1 Å². The zero-order valence-corrected chi connectivity index (χ0v) is 20.1. The lowest BCUT2D eigenvalue weighted by Crippen LogP contribution is -2.59. The molecule has 3 amide bonds. The molecule has 184 valence electrons. The fraction of sp³-hybridized carbons (Fsp3) is 0.565. The van der Waals surface area contributed by atoms with Crippen LogP contribution in [0.25, 0.3) is 0 Å². The highest BCUT2D eigenvalue weighted by molar-refractivity contribution is 5.93. The van der Waals surface area contributed by atoms with Gasteiger partial charge < -0.3 is 30.5 Å². The average molecular weight is 466 g/mol. The molecule has 33 heavy (non-hydrogen) atoms. The number of rotatable bonds is 10. The summed E-state index contributed by atoms with van der Waals surface area (Å²) in [6.45, 7) is 8.41. The van der Waals surface area contributed by atoms with E-state index in [1.807, 2.05) is 0 Å². The molecule has 10 nitrogen and oxygen atoms in total. The molecule has 1 atom stereocenters. The van der Waals surface area contributed by atoms with E-state index in [1.165, 1.54) is 33.1 Å². The molecule has 0 fully saturated rings. The van der Waals surface area contributed by atoms with Crippen LogP contribution in [0, 0.1) is 0 Å². The van der Waals surface area contributed by atoms with Crippen molar-refractivity contribution in [3.63, 3.8) is 0 Å². The molecular weight excluding hydrogens is 430 g/mol. The number of ether oxygens (including phenoxy) is 2. The first-order chi connectivity index (χ1) is 15.2. The predicted molar refractivity (Wildman–Crippen MR) is 121 cm³/mol.